The van der Waals surface area contributed by atoms with Crippen LogP contribution in [0.25, 0.3) is 0 Å². The second-order valence-electron chi connectivity index (χ2n) is 3.34. The van der Waals surface area contributed by atoms with E-state index < -0.39 is 0 Å². The molecule has 1 aliphatic carbocycles. The first-order valence-corrected chi connectivity index (χ1v) is 3.67. The van der Waals surface area contributed by atoms with E-state index in [0.717, 1.165) is 13.2 Å². The molecular weight excluding hydrogens is 114 g/mol. The largest absolute Gasteiger partial charge is 0.379 e. The fourth-order valence-electron chi connectivity index (χ4n) is 1.82. The highest BCUT2D eigenvalue weighted by Gasteiger charge is 2.46. The highest BCUT2D eigenvalue weighted by Crippen LogP contribution is 2.46. The standard InChI is InChI=1S/C7H13NO/c8-6-4-9-5-7(6)2-1-3-7/h6H,1-5,8H2. The van der Waals surface area contributed by atoms with Gasteiger partial charge >= 0.3 is 0 Å². The summed E-state index contributed by atoms with van der Waals surface area (Å²) in [5.74, 6) is 0. The van der Waals surface area contributed by atoms with Gasteiger partial charge in [0, 0.05) is 11.5 Å². The van der Waals surface area contributed by atoms with Crippen LogP contribution in [0.5, 0.6) is 0 Å². The SMILES string of the molecule is NC1COCC12CCC2. The predicted octanol–water partition coefficient (Wildman–Crippen LogP) is 0.514. The molecule has 1 unspecified atom stereocenters. The van der Waals surface area contributed by atoms with Gasteiger partial charge in [0.25, 0.3) is 0 Å². The molecule has 1 atom stereocenters. The molecule has 0 aromatic rings. The number of hydrogen-bond donors (Lipinski definition) is 1. The van der Waals surface area contributed by atoms with Gasteiger partial charge in [-0.05, 0) is 12.8 Å². The monoisotopic (exact) mass is 127 g/mol. The summed E-state index contributed by atoms with van der Waals surface area (Å²) in [4.78, 5) is 0. The minimum absolute atomic E-state index is 0.339. The Morgan fingerprint density at radius 3 is 2.44 bits per heavy atom. The summed E-state index contributed by atoms with van der Waals surface area (Å²) in [6.45, 7) is 1.72. The van der Waals surface area contributed by atoms with Crippen molar-refractivity contribution in [3.05, 3.63) is 0 Å². The second-order valence-corrected chi connectivity index (χ2v) is 3.34. The highest BCUT2D eigenvalue weighted by atomic mass is 16.5. The van der Waals surface area contributed by atoms with Crippen LogP contribution in [0.4, 0.5) is 0 Å². The summed E-state index contributed by atoms with van der Waals surface area (Å²) in [5.41, 5.74) is 6.28. The van der Waals surface area contributed by atoms with E-state index in [1.54, 1.807) is 0 Å². The Morgan fingerprint density at radius 2 is 2.22 bits per heavy atom. The van der Waals surface area contributed by atoms with Crippen LogP contribution in [0.2, 0.25) is 0 Å². The molecule has 0 amide bonds. The maximum Gasteiger partial charge on any atom is 0.0624 e. The van der Waals surface area contributed by atoms with Crippen LogP contribution < -0.4 is 5.73 Å². The van der Waals surface area contributed by atoms with Gasteiger partial charge in [-0.2, -0.15) is 0 Å². The molecule has 52 valence electrons. The molecule has 2 rings (SSSR count). The Morgan fingerprint density at radius 1 is 1.44 bits per heavy atom. The molecule has 2 nitrogen and oxygen atoms in total. The Kier molecular flexibility index (Phi) is 1.08. The molecule has 2 fully saturated rings. The van der Waals surface area contributed by atoms with E-state index >= 15 is 0 Å². The molecule has 9 heavy (non-hydrogen) atoms. The number of ether oxygens (including phenoxy) is 1. The first-order valence-electron chi connectivity index (χ1n) is 3.67. The lowest BCUT2D eigenvalue weighted by atomic mass is 9.66. The normalized spacial score (nSPS) is 39.0. The minimum atomic E-state index is 0.339. The Hall–Kier alpha value is -0.0800. The minimum Gasteiger partial charge on any atom is -0.379 e. The number of rotatable bonds is 0. The van der Waals surface area contributed by atoms with Crippen molar-refractivity contribution in [1.29, 1.82) is 0 Å². The number of hydrogen-bond acceptors (Lipinski definition) is 2. The summed E-state index contributed by atoms with van der Waals surface area (Å²) < 4.78 is 5.29. The highest BCUT2D eigenvalue weighted by molar-refractivity contribution is 4.98. The van der Waals surface area contributed by atoms with Crippen molar-refractivity contribution >= 4 is 0 Å². The third-order valence-corrected chi connectivity index (χ3v) is 2.82. The maximum atomic E-state index is 5.85. The lowest BCUT2D eigenvalue weighted by Crippen LogP contribution is -2.45. The van der Waals surface area contributed by atoms with Crippen molar-refractivity contribution in [1.82, 2.24) is 0 Å². The van der Waals surface area contributed by atoms with Gasteiger partial charge in [-0.1, -0.05) is 6.42 Å². The maximum absolute atomic E-state index is 5.85. The molecule has 2 N–H and O–H groups in total. The summed E-state index contributed by atoms with van der Waals surface area (Å²) in [6, 6.07) is 0.339. The second kappa shape index (κ2) is 1.70. The molecule has 1 saturated heterocycles. The number of nitrogens with two attached hydrogens (primary N) is 1. The van der Waals surface area contributed by atoms with Gasteiger partial charge in [0.05, 0.1) is 13.2 Å². The zero-order valence-corrected chi connectivity index (χ0v) is 5.60. The molecule has 2 aliphatic rings. The lowest BCUT2D eigenvalue weighted by Gasteiger charge is -2.40. The lowest BCUT2D eigenvalue weighted by molar-refractivity contribution is 0.0863. The predicted molar refractivity (Wildman–Crippen MR) is 35.1 cm³/mol. The zero-order chi connectivity index (χ0) is 6.32. The van der Waals surface area contributed by atoms with Crippen LogP contribution in [0, 0.1) is 5.41 Å². The smallest absolute Gasteiger partial charge is 0.0624 e. The fraction of sp³-hybridized carbons (Fsp3) is 1.00. The molecule has 1 heterocycles. The zero-order valence-electron chi connectivity index (χ0n) is 5.60. The van der Waals surface area contributed by atoms with Gasteiger partial charge in [0.15, 0.2) is 0 Å². The van der Waals surface area contributed by atoms with Crippen molar-refractivity contribution in [3.8, 4) is 0 Å². The fourth-order valence-corrected chi connectivity index (χ4v) is 1.82. The van der Waals surface area contributed by atoms with Crippen LogP contribution in [0.15, 0.2) is 0 Å². The van der Waals surface area contributed by atoms with Crippen LogP contribution in [-0.4, -0.2) is 19.3 Å². The Labute approximate surface area is 55.4 Å². The molecule has 0 aromatic carbocycles. The summed E-state index contributed by atoms with van der Waals surface area (Å²) in [6.07, 6.45) is 3.96. The van der Waals surface area contributed by atoms with Crippen molar-refractivity contribution < 1.29 is 4.74 Å². The topological polar surface area (TPSA) is 35.2 Å². The van der Waals surface area contributed by atoms with Crippen molar-refractivity contribution in [2.45, 2.75) is 25.3 Å². The Bertz CT molecular complexity index is 120. The average Bonchev–Trinajstić information content (AvgIpc) is 2.07. The van der Waals surface area contributed by atoms with E-state index in [0.29, 0.717) is 11.5 Å². The van der Waals surface area contributed by atoms with Crippen LogP contribution >= 0.6 is 0 Å². The van der Waals surface area contributed by atoms with Crippen molar-refractivity contribution in [2.24, 2.45) is 11.1 Å². The molecule has 0 radical (unpaired) electrons. The van der Waals surface area contributed by atoms with Crippen LogP contribution in [0.3, 0.4) is 0 Å². The van der Waals surface area contributed by atoms with E-state index in [4.69, 9.17) is 10.5 Å². The van der Waals surface area contributed by atoms with Crippen LogP contribution in [0.1, 0.15) is 19.3 Å². The van der Waals surface area contributed by atoms with Crippen LogP contribution in [-0.2, 0) is 4.74 Å². The molecule has 0 aromatic heterocycles. The van der Waals surface area contributed by atoms with Gasteiger partial charge in [-0.3, -0.25) is 0 Å². The third-order valence-electron chi connectivity index (χ3n) is 2.82. The van der Waals surface area contributed by atoms with E-state index in [2.05, 4.69) is 0 Å². The Balaban J connectivity index is 2.09. The van der Waals surface area contributed by atoms with Crippen molar-refractivity contribution in [2.75, 3.05) is 13.2 Å². The molecule has 1 spiro atoms. The first kappa shape index (κ1) is 5.69. The molecule has 1 saturated carbocycles. The summed E-state index contributed by atoms with van der Waals surface area (Å²) >= 11 is 0. The summed E-state index contributed by atoms with van der Waals surface area (Å²) in [7, 11) is 0. The van der Waals surface area contributed by atoms with Gasteiger partial charge in [0.2, 0.25) is 0 Å². The first-order chi connectivity index (χ1) is 4.33. The average molecular weight is 127 g/mol. The van der Waals surface area contributed by atoms with E-state index in [-0.39, 0.29) is 0 Å². The van der Waals surface area contributed by atoms with Crippen molar-refractivity contribution in [3.63, 3.8) is 0 Å². The van der Waals surface area contributed by atoms with E-state index in [1.165, 1.54) is 19.3 Å². The third kappa shape index (κ3) is 0.634. The van der Waals surface area contributed by atoms with Gasteiger partial charge in [0.1, 0.15) is 0 Å². The van der Waals surface area contributed by atoms with Gasteiger partial charge < -0.3 is 10.5 Å². The molecule has 2 heteroatoms. The quantitative estimate of drug-likeness (QED) is 0.514. The molecule has 1 aliphatic heterocycles. The van der Waals surface area contributed by atoms with Gasteiger partial charge in [-0.25, -0.2) is 0 Å². The van der Waals surface area contributed by atoms with E-state index in [9.17, 15) is 0 Å². The molecular formula is C7H13NO. The molecule has 0 bridgehead atoms. The van der Waals surface area contributed by atoms with Gasteiger partial charge in [-0.15, -0.1) is 0 Å². The summed E-state index contributed by atoms with van der Waals surface area (Å²) in [5, 5.41) is 0. The van der Waals surface area contributed by atoms with E-state index in [1.807, 2.05) is 0 Å².